The zero-order valence-corrected chi connectivity index (χ0v) is 18.7. The van der Waals surface area contributed by atoms with Crippen molar-refractivity contribution in [1.29, 1.82) is 5.26 Å². The van der Waals surface area contributed by atoms with Crippen molar-refractivity contribution in [3.05, 3.63) is 69.1 Å². The molecule has 2 atom stereocenters. The second-order valence-electron chi connectivity index (χ2n) is 7.28. The molecular weight excluding hydrogens is 486 g/mol. The highest BCUT2D eigenvalue weighted by Gasteiger charge is 2.61. The van der Waals surface area contributed by atoms with Crippen LogP contribution < -0.4 is 4.74 Å². The van der Waals surface area contributed by atoms with Gasteiger partial charge in [0.15, 0.2) is 0 Å². The summed E-state index contributed by atoms with van der Waals surface area (Å²) in [6.45, 7) is 4.19. The van der Waals surface area contributed by atoms with Crippen LogP contribution in [-0.2, 0) is 16.1 Å². The van der Waals surface area contributed by atoms with Gasteiger partial charge >= 0.3 is 5.97 Å². The van der Waals surface area contributed by atoms with Gasteiger partial charge in [-0.05, 0) is 79.1 Å². The average molecular weight is 505 g/mol. The maximum atomic E-state index is 12.5. The maximum absolute atomic E-state index is 12.5. The van der Waals surface area contributed by atoms with Crippen LogP contribution in [-0.4, -0.2) is 5.97 Å². The Kier molecular flexibility index (Phi) is 6.26. The molecule has 1 saturated carbocycles. The summed E-state index contributed by atoms with van der Waals surface area (Å²) < 4.78 is 12.2. The van der Waals surface area contributed by atoms with Crippen LogP contribution in [0.3, 0.4) is 0 Å². The van der Waals surface area contributed by atoms with Crippen LogP contribution >= 0.6 is 31.9 Å². The molecule has 1 aliphatic rings. The highest BCUT2D eigenvalue weighted by molar-refractivity contribution is 9.28. The van der Waals surface area contributed by atoms with E-state index in [1.807, 2.05) is 50.3 Å². The molecule has 0 heterocycles. The molecule has 0 spiro atoms. The zero-order valence-electron chi connectivity index (χ0n) is 15.5. The van der Waals surface area contributed by atoms with Gasteiger partial charge in [-0.3, -0.25) is 4.79 Å². The number of ether oxygens (including phenoxy) is 2. The van der Waals surface area contributed by atoms with E-state index < -0.39 is 0 Å². The van der Waals surface area contributed by atoms with Gasteiger partial charge in [-0.1, -0.05) is 38.1 Å². The van der Waals surface area contributed by atoms with Crippen LogP contribution in [0.15, 0.2) is 58.0 Å². The number of carbonyl (C=O) groups excluding carboxylic acids is 1. The van der Waals surface area contributed by atoms with Gasteiger partial charge in [0.25, 0.3) is 0 Å². The SMILES string of the molecule is CC1(C)[C@H](C(=O)OCc2cc(C#N)cc(Oc3ccccc3)c2)[C@@H]1C=C(Br)Br. The van der Waals surface area contributed by atoms with Crippen LogP contribution in [0, 0.1) is 28.6 Å². The molecule has 4 nitrogen and oxygen atoms in total. The Morgan fingerprint density at radius 2 is 1.89 bits per heavy atom. The Balaban J connectivity index is 1.69. The van der Waals surface area contributed by atoms with Crippen molar-refractivity contribution in [2.45, 2.75) is 20.5 Å². The van der Waals surface area contributed by atoms with Crippen molar-refractivity contribution < 1.29 is 14.3 Å². The molecule has 2 aromatic carbocycles. The van der Waals surface area contributed by atoms with E-state index >= 15 is 0 Å². The topological polar surface area (TPSA) is 59.3 Å². The fraction of sp³-hybridized carbons (Fsp3) is 0.273. The Morgan fingerprint density at radius 3 is 2.54 bits per heavy atom. The van der Waals surface area contributed by atoms with Crippen LogP contribution in [0.1, 0.15) is 25.0 Å². The lowest BCUT2D eigenvalue weighted by Gasteiger charge is -2.10. The van der Waals surface area contributed by atoms with Gasteiger partial charge in [0.2, 0.25) is 0 Å². The molecule has 0 radical (unpaired) electrons. The lowest BCUT2D eigenvalue weighted by molar-refractivity contribution is -0.147. The van der Waals surface area contributed by atoms with Crippen molar-refractivity contribution in [2.75, 3.05) is 0 Å². The summed E-state index contributed by atoms with van der Waals surface area (Å²) >= 11 is 6.70. The highest BCUT2D eigenvalue weighted by Crippen LogP contribution is 2.60. The molecule has 0 aromatic heterocycles. The standard InChI is InChI=1S/C22H19Br2NO3/c1-22(2)18(11-19(23)24)20(22)21(26)27-13-15-8-14(12-25)9-17(10-15)28-16-6-4-3-5-7-16/h3-11,18,20H,13H2,1-2H3/t18-,20-/m0/s1. The predicted octanol–water partition coefficient (Wildman–Crippen LogP) is 6.30. The molecule has 0 amide bonds. The molecule has 0 N–H and O–H groups in total. The van der Waals surface area contributed by atoms with Gasteiger partial charge in [0.1, 0.15) is 18.1 Å². The van der Waals surface area contributed by atoms with Crippen LogP contribution in [0.2, 0.25) is 0 Å². The van der Waals surface area contributed by atoms with E-state index in [0.717, 1.165) is 3.39 Å². The lowest BCUT2D eigenvalue weighted by atomic mass is 10.1. The van der Waals surface area contributed by atoms with E-state index in [1.165, 1.54) is 0 Å². The number of hydrogen-bond donors (Lipinski definition) is 0. The molecule has 0 bridgehead atoms. The van der Waals surface area contributed by atoms with E-state index in [1.54, 1.807) is 18.2 Å². The Bertz CT molecular complexity index is 944. The minimum absolute atomic E-state index is 0.0952. The summed E-state index contributed by atoms with van der Waals surface area (Å²) in [5.41, 5.74) is 1.03. The Morgan fingerprint density at radius 1 is 1.18 bits per heavy atom. The molecule has 1 fully saturated rings. The van der Waals surface area contributed by atoms with E-state index in [4.69, 9.17) is 9.47 Å². The number of carbonyl (C=O) groups is 1. The molecular formula is C22H19Br2NO3. The second kappa shape index (κ2) is 8.50. The smallest absolute Gasteiger partial charge is 0.310 e. The van der Waals surface area contributed by atoms with Gasteiger partial charge in [-0.25, -0.2) is 0 Å². The molecule has 0 aliphatic heterocycles. The minimum Gasteiger partial charge on any atom is -0.461 e. The quantitative estimate of drug-likeness (QED) is 0.433. The summed E-state index contributed by atoms with van der Waals surface area (Å²) in [5.74, 6) is 0.913. The van der Waals surface area contributed by atoms with Crippen LogP contribution in [0.25, 0.3) is 0 Å². The third kappa shape index (κ3) is 4.84. The number of para-hydroxylation sites is 1. The number of nitrogens with zero attached hydrogens (tertiary/aromatic N) is 1. The van der Waals surface area contributed by atoms with Crippen molar-refractivity contribution >= 4 is 37.8 Å². The number of nitriles is 1. The molecule has 1 aliphatic carbocycles. The molecule has 3 rings (SSSR count). The number of esters is 1. The van der Waals surface area contributed by atoms with Crippen molar-refractivity contribution in [3.63, 3.8) is 0 Å². The molecule has 6 heteroatoms. The van der Waals surface area contributed by atoms with Crippen molar-refractivity contribution in [3.8, 4) is 17.6 Å². The number of halogens is 2. The van der Waals surface area contributed by atoms with E-state index in [-0.39, 0.29) is 29.8 Å². The predicted molar refractivity (Wildman–Crippen MR) is 114 cm³/mol. The number of allylic oxidation sites excluding steroid dienone is 1. The fourth-order valence-electron chi connectivity index (χ4n) is 3.31. The van der Waals surface area contributed by atoms with E-state index in [2.05, 4.69) is 37.9 Å². The Hall–Kier alpha value is -2.10. The molecule has 0 unspecified atom stereocenters. The third-order valence-corrected chi connectivity index (χ3v) is 5.45. The van der Waals surface area contributed by atoms with Gasteiger partial charge in [-0.2, -0.15) is 5.26 Å². The van der Waals surface area contributed by atoms with Gasteiger partial charge < -0.3 is 9.47 Å². The van der Waals surface area contributed by atoms with Gasteiger partial charge in [-0.15, -0.1) is 0 Å². The number of hydrogen-bond acceptors (Lipinski definition) is 4. The summed E-state index contributed by atoms with van der Waals surface area (Å²) in [7, 11) is 0. The average Bonchev–Trinajstić information content (AvgIpc) is 3.19. The lowest BCUT2D eigenvalue weighted by Crippen LogP contribution is -2.10. The third-order valence-electron chi connectivity index (χ3n) is 4.93. The van der Waals surface area contributed by atoms with Crippen molar-refractivity contribution in [1.82, 2.24) is 0 Å². The molecule has 144 valence electrons. The first-order valence-corrected chi connectivity index (χ1v) is 10.4. The molecule has 2 aromatic rings. The summed E-state index contributed by atoms with van der Waals surface area (Å²) in [6.07, 6.45) is 1.98. The number of benzene rings is 2. The molecule has 0 saturated heterocycles. The first kappa shape index (κ1) is 20.6. The zero-order chi connectivity index (χ0) is 20.3. The van der Waals surface area contributed by atoms with Crippen LogP contribution in [0.5, 0.6) is 11.5 Å². The van der Waals surface area contributed by atoms with Gasteiger partial charge in [0, 0.05) is 0 Å². The monoisotopic (exact) mass is 503 g/mol. The van der Waals surface area contributed by atoms with E-state index in [9.17, 15) is 10.1 Å². The summed E-state index contributed by atoms with van der Waals surface area (Å²) in [4.78, 5) is 12.5. The first-order valence-electron chi connectivity index (χ1n) is 8.77. The maximum Gasteiger partial charge on any atom is 0.310 e. The first-order chi connectivity index (χ1) is 13.3. The second-order valence-corrected chi connectivity index (χ2v) is 10.1. The van der Waals surface area contributed by atoms with Crippen LogP contribution in [0.4, 0.5) is 0 Å². The normalized spacial score (nSPS) is 19.2. The number of rotatable bonds is 6. The van der Waals surface area contributed by atoms with E-state index in [0.29, 0.717) is 22.6 Å². The summed E-state index contributed by atoms with van der Waals surface area (Å²) in [6, 6.07) is 16.6. The Labute approximate surface area is 181 Å². The minimum atomic E-state index is -0.236. The fourth-order valence-corrected chi connectivity index (χ4v) is 3.88. The summed E-state index contributed by atoms with van der Waals surface area (Å²) in [5, 5.41) is 9.29. The van der Waals surface area contributed by atoms with Gasteiger partial charge in [0.05, 0.1) is 20.9 Å². The molecule has 28 heavy (non-hydrogen) atoms. The highest BCUT2D eigenvalue weighted by atomic mass is 79.9. The van der Waals surface area contributed by atoms with Crippen molar-refractivity contribution in [2.24, 2.45) is 17.3 Å². The largest absolute Gasteiger partial charge is 0.461 e.